The fourth-order valence-corrected chi connectivity index (χ4v) is 2.21. The van der Waals surface area contributed by atoms with Crippen molar-refractivity contribution in [1.82, 2.24) is 9.97 Å². The van der Waals surface area contributed by atoms with Crippen LogP contribution in [0.1, 0.15) is 43.5 Å². The van der Waals surface area contributed by atoms with Gasteiger partial charge in [-0.25, -0.2) is 14.8 Å². The summed E-state index contributed by atoms with van der Waals surface area (Å²) < 4.78 is 5.68. The molecule has 0 unspecified atom stereocenters. The summed E-state index contributed by atoms with van der Waals surface area (Å²) in [6.07, 6.45) is 1.80. The third-order valence-electron chi connectivity index (χ3n) is 2.43. The molecule has 1 aromatic heterocycles. The molecule has 0 aromatic carbocycles. The molecular weight excluding hydrogens is 357 g/mol. The van der Waals surface area contributed by atoms with E-state index < -0.39 is 5.97 Å². The third kappa shape index (κ3) is 4.59. The van der Waals surface area contributed by atoms with Gasteiger partial charge in [0.25, 0.3) is 0 Å². The standard InChI is InChI=1S/C13H20IN3O2/c1-5-6-15-11-10(14)9(7-8(2)3)16-12(17-11)13(18)19-4/h8H,5-7H2,1-4H3,(H,15,16,17). The van der Waals surface area contributed by atoms with Gasteiger partial charge in [0.2, 0.25) is 5.82 Å². The number of methoxy groups -OCH3 is 1. The maximum absolute atomic E-state index is 11.6. The molecule has 1 rings (SSSR count). The van der Waals surface area contributed by atoms with Crippen LogP contribution < -0.4 is 5.32 Å². The molecule has 0 radical (unpaired) electrons. The van der Waals surface area contributed by atoms with Gasteiger partial charge < -0.3 is 10.1 Å². The van der Waals surface area contributed by atoms with Crippen molar-refractivity contribution in [1.29, 1.82) is 0 Å². The van der Waals surface area contributed by atoms with E-state index in [-0.39, 0.29) is 5.82 Å². The number of rotatable bonds is 6. The first-order valence-electron chi connectivity index (χ1n) is 6.38. The van der Waals surface area contributed by atoms with Gasteiger partial charge in [-0.15, -0.1) is 0 Å². The highest BCUT2D eigenvalue weighted by Gasteiger charge is 2.17. The Bertz CT molecular complexity index is 450. The highest BCUT2D eigenvalue weighted by Crippen LogP contribution is 2.22. The molecule has 0 saturated heterocycles. The van der Waals surface area contributed by atoms with E-state index in [4.69, 9.17) is 4.74 Å². The highest BCUT2D eigenvalue weighted by atomic mass is 127. The number of hydrogen-bond donors (Lipinski definition) is 1. The molecule has 0 spiro atoms. The summed E-state index contributed by atoms with van der Waals surface area (Å²) in [4.78, 5) is 20.2. The molecule has 5 nitrogen and oxygen atoms in total. The Morgan fingerprint density at radius 3 is 2.63 bits per heavy atom. The predicted octanol–water partition coefficient (Wildman–Crippen LogP) is 2.89. The lowest BCUT2D eigenvalue weighted by Gasteiger charge is -2.13. The lowest BCUT2D eigenvalue weighted by atomic mass is 10.1. The maximum atomic E-state index is 11.6. The van der Waals surface area contributed by atoms with E-state index in [9.17, 15) is 4.79 Å². The van der Waals surface area contributed by atoms with Crippen LogP contribution in [0.3, 0.4) is 0 Å². The van der Waals surface area contributed by atoms with E-state index in [2.05, 4.69) is 58.6 Å². The summed E-state index contributed by atoms with van der Waals surface area (Å²) in [5, 5.41) is 3.23. The first-order chi connectivity index (χ1) is 8.99. The van der Waals surface area contributed by atoms with E-state index >= 15 is 0 Å². The van der Waals surface area contributed by atoms with E-state index in [1.165, 1.54) is 7.11 Å². The van der Waals surface area contributed by atoms with E-state index in [1.807, 2.05) is 0 Å². The van der Waals surface area contributed by atoms with Gasteiger partial charge in [-0.05, 0) is 41.4 Å². The minimum Gasteiger partial charge on any atom is -0.463 e. The number of carbonyl (C=O) groups is 1. The van der Waals surface area contributed by atoms with Gasteiger partial charge in [-0.2, -0.15) is 0 Å². The van der Waals surface area contributed by atoms with Crippen LogP contribution in [-0.4, -0.2) is 29.6 Å². The Balaban J connectivity index is 3.17. The van der Waals surface area contributed by atoms with Crippen LogP contribution in [0.15, 0.2) is 0 Å². The van der Waals surface area contributed by atoms with Crippen LogP contribution in [0.2, 0.25) is 0 Å². The molecule has 1 N–H and O–H groups in total. The monoisotopic (exact) mass is 377 g/mol. The van der Waals surface area contributed by atoms with Crippen molar-refractivity contribution in [3.05, 3.63) is 15.1 Å². The number of nitrogens with one attached hydrogen (secondary N) is 1. The smallest absolute Gasteiger partial charge is 0.376 e. The largest absolute Gasteiger partial charge is 0.463 e. The Morgan fingerprint density at radius 1 is 1.42 bits per heavy atom. The number of esters is 1. The predicted molar refractivity (Wildman–Crippen MR) is 83.4 cm³/mol. The molecule has 0 atom stereocenters. The second kappa shape index (κ2) is 7.62. The summed E-state index contributed by atoms with van der Waals surface area (Å²) in [6.45, 7) is 7.14. The van der Waals surface area contributed by atoms with Gasteiger partial charge in [-0.1, -0.05) is 20.8 Å². The number of anilines is 1. The van der Waals surface area contributed by atoms with Crippen molar-refractivity contribution in [2.45, 2.75) is 33.6 Å². The summed E-state index contributed by atoms with van der Waals surface area (Å²) in [6, 6.07) is 0. The molecule has 0 aliphatic carbocycles. The molecule has 0 bridgehead atoms. The SMILES string of the molecule is CCCNc1nc(C(=O)OC)nc(CC(C)C)c1I. The Kier molecular flexibility index (Phi) is 6.47. The number of nitrogens with zero attached hydrogens (tertiary/aromatic N) is 2. The molecular formula is C13H20IN3O2. The Morgan fingerprint density at radius 2 is 2.11 bits per heavy atom. The summed E-state index contributed by atoms with van der Waals surface area (Å²) in [7, 11) is 1.34. The maximum Gasteiger partial charge on any atom is 0.376 e. The van der Waals surface area contributed by atoms with Gasteiger partial charge in [-0.3, -0.25) is 0 Å². The summed E-state index contributed by atoms with van der Waals surface area (Å²) in [5.41, 5.74) is 0.893. The number of halogens is 1. The number of aromatic nitrogens is 2. The van der Waals surface area contributed by atoms with E-state index in [0.717, 1.165) is 28.7 Å². The number of carbonyl (C=O) groups excluding carboxylic acids is 1. The minimum absolute atomic E-state index is 0.122. The number of hydrogen-bond acceptors (Lipinski definition) is 5. The van der Waals surface area contributed by atoms with Crippen molar-refractivity contribution < 1.29 is 9.53 Å². The van der Waals surface area contributed by atoms with E-state index in [0.29, 0.717) is 11.7 Å². The molecule has 1 aromatic rings. The lowest BCUT2D eigenvalue weighted by molar-refractivity contribution is 0.0586. The quantitative estimate of drug-likeness (QED) is 0.610. The first-order valence-corrected chi connectivity index (χ1v) is 7.46. The molecule has 19 heavy (non-hydrogen) atoms. The van der Waals surface area contributed by atoms with Gasteiger partial charge in [0.15, 0.2) is 0 Å². The van der Waals surface area contributed by atoms with Gasteiger partial charge >= 0.3 is 5.97 Å². The van der Waals surface area contributed by atoms with Crippen LogP contribution >= 0.6 is 22.6 Å². The zero-order valence-electron chi connectivity index (χ0n) is 11.8. The van der Waals surface area contributed by atoms with Crippen molar-refractivity contribution >= 4 is 34.4 Å². The third-order valence-corrected chi connectivity index (χ3v) is 3.57. The van der Waals surface area contributed by atoms with Gasteiger partial charge in [0, 0.05) is 6.54 Å². The number of ether oxygens (including phenoxy) is 1. The van der Waals surface area contributed by atoms with Crippen molar-refractivity contribution in [3.63, 3.8) is 0 Å². The average molecular weight is 377 g/mol. The Hall–Kier alpha value is -0.920. The molecule has 0 fully saturated rings. The fourth-order valence-electron chi connectivity index (χ4n) is 1.56. The molecule has 6 heteroatoms. The van der Waals surface area contributed by atoms with Gasteiger partial charge in [0.05, 0.1) is 16.4 Å². The molecule has 106 valence electrons. The van der Waals surface area contributed by atoms with Crippen LogP contribution in [-0.2, 0) is 11.2 Å². The van der Waals surface area contributed by atoms with Crippen molar-refractivity contribution in [3.8, 4) is 0 Å². The topological polar surface area (TPSA) is 64.1 Å². The van der Waals surface area contributed by atoms with E-state index in [1.54, 1.807) is 0 Å². The molecule has 0 aliphatic heterocycles. The average Bonchev–Trinajstić information content (AvgIpc) is 2.38. The normalized spacial score (nSPS) is 10.6. The summed E-state index contributed by atoms with van der Waals surface area (Å²) in [5.74, 6) is 0.805. The first kappa shape index (κ1) is 16.1. The zero-order chi connectivity index (χ0) is 14.4. The highest BCUT2D eigenvalue weighted by molar-refractivity contribution is 14.1. The van der Waals surface area contributed by atoms with Crippen LogP contribution in [0.25, 0.3) is 0 Å². The minimum atomic E-state index is -0.499. The van der Waals surface area contributed by atoms with Crippen LogP contribution in [0, 0.1) is 9.49 Å². The van der Waals surface area contributed by atoms with Crippen molar-refractivity contribution in [2.75, 3.05) is 19.0 Å². The second-order valence-electron chi connectivity index (χ2n) is 4.67. The molecule has 0 aliphatic rings. The molecule has 0 saturated carbocycles. The molecule has 0 amide bonds. The van der Waals surface area contributed by atoms with Crippen LogP contribution in [0.4, 0.5) is 5.82 Å². The molecule has 1 heterocycles. The second-order valence-corrected chi connectivity index (χ2v) is 5.75. The Labute approximate surface area is 127 Å². The van der Waals surface area contributed by atoms with Crippen LogP contribution in [0.5, 0.6) is 0 Å². The zero-order valence-corrected chi connectivity index (χ0v) is 13.9. The summed E-state index contributed by atoms with van der Waals surface area (Å²) >= 11 is 2.23. The van der Waals surface area contributed by atoms with Gasteiger partial charge in [0.1, 0.15) is 5.82 Å². The van der Waals surface area contributed by atoms with Crippen molar-refractivity contribution in [2.24, 2.45) is 5.92 Å². The fraction of sp³-hybridized carbons (Fsp3) is 0.615. The lowest BCUT2D eigenvalue weighted by Crippen LogP contribution is -2.16.